The molecule has 1 aromatic heterocycles. The second kappa shape index (κ2) is 5.22. The van der Waals surface area contributed by atoms with Crippen LogP contribution in [0.3, 0.4) is 0 Å². The second-order valence-corrected chi connectivity index (χ2v) is 4.81. The summed E-state index contributed by atoms with van der Waals surface area (Å²) in [6.45, 7) is 0. The molecule has 1 aromatic carbocycles. The Hall–Kier alpha value is -1.82. The lowest BCUT2D eigenvalue weighted by atomic mass is 10.2. The maximum absolute atomic E-state index is 13.2. The van der Waals surface area contributed by atoms with E-state index in [4.69, 9.17) is 5.11 Å². The third-order valence-corrected chi connectivity index (χ3v) is 3.40. The van der Waals surface area contributed by atoms with E-state index in [0.29, 0.717) is 5.75 Å². The standard InChI is InChI=1S/C12H11FN2O2S/c1-15-6-8(5-14-15)7-18-9-2-3-11(13)10(4-9)12(16)17/h2-6H,7H2,1H3,(H,16,17). The summed E-state index contributed by atoms with van der Waals surface area (Å²) in [5, 5.41) is 12.9. The van der Waals surface area contributed by atoms with Gasteiger partial charge in [0.25, 0.3) is 0 Å². The van der Waals surface area contributed by atoms with Crippen molar-refractivity contribution in [1.29, 1.82) is 0 Å². The number of hydrogen-bond acceptors (Lipinski definition) is 3. The maximum atomic E-state index is 13.2. The van der Waals surface area contributed by atoms with Crippen LogP contribution in [0.2, 0.25) is 0 Å². The number of benzene rings is 1. The molecule has 0 radical (unpaired) electrons. The lowest BCUT2D eigenvalue weighted by Crippen LogP contribution is -2.00. The first kappa shape index (κ1) is 12.6. The molecule has 0 spiro atoms. The molecule has 1 heterocycles. The molecule has 6 heteroatoms. The molecule has 0 bridgehead atoms. The first-order valence-electron chi connectivity index (χ1n) is 5.19. The normalized spacial score (nSPS) is 10.6. The number of carbonyl (C=O) groups is 1. The molecular weight excluding hydrogens is 255 g/mol. The van der Waals surface area contributed by atoms with Crippen LogP contribution in [0, 0.1) is 5.82 Å². The Kier molecular flexibility index (Phi) is 3.66. The van der Waals surface area contributed by atoms with Crippen molar-refractivity contribution in [2.75, 3.05) is 0 Å². The number of halogens is 1. The van der Waals surface area contributed by atoms with Crippen molar-refractivity contribution in [3.05, 3.63) is 47.5 Å². The van der Waals surface area contributed by atoms with Gasteiger partial charge in [-0.3, -0.25) is 4.68 Å². The van der Waals surface area contributed by atoms with Crippen molar-refractivity contribution in [3.63, 3.8) is 0 Å². The molecule has 0 amide bonds. The minimum atomic E-state index is -1.25. The van der Waals surface area contributed by atoms with Crippen molar-refractivity contribution in [3.8, 4) is 0 Å². The van der Waals surface area contributed by atoms with E-state index in [2.05, 4.69) is 5.10 Å². The molecule has 94 valence electrons. The van der Waals surface area contributed by atoms with Gasteiger partial charge in [-0.05, 0) is 18.2 Å². The van der Waals surface area contributed by atoms with Crippen molar-refractivity contribution < 1.29 is 14.3 Å². The summed E-state index contributed by atoms with van der Waals surface area (Å²) in [5.41, 5.74) is 0.731. The predicted octanol–water partition coefficient (Wildman–Crippen LogP) is 2.55. The molecule has 0 aliphatic heterocycles. The van der Waals surface area contributed by atoms with Crippen LogP contribution in [0.4, 0.5) is 4.39 Å². The fourth-order valence-electron chi connectivity index (χ4n) is 1.47. The van der Waals surface area contributed by atoms with E-state index in [9.17, 15) is 9.18 Å². The second-order valence-electron chi connectivity index (χ2n) is 3.76. The lowest BCUT2D eigenvalue weighted by Gasteiger charge is -2.02. The molecular formula is C12H11FN2O2S. The molecule has 0 atom stereocenters. The first-order chi connectivity index (χ1) is 8.56. The zero-order valence-electron chi connectivity index (χ0n) is 9.63. The summed E-state index contributed by atoms with van der Waals surface area (Å²) in [4.78, 5) is 11.5. The van der Waals surface area contributed by atoms with Gasteiger partial charge in [-0.15, -0.1) is 11.8 Å². The zero-order chi connectivity index (χ0) is 13.1. The van der Waals surface area contributed by atoms with Gasteiger partial charge in [-0.1, -0.05) is 0 Å². The van der Waals surface area contributed by atoms with Crippen LogP contribution >= 0.6 is 11.8 Å². The molecule has 0 fully saturated rings. The van der Waals surface area contributed by atoms with E-state index in [0.717, 1.165) is 10.5 Å². The Balaban J connectivity index is 2.10. The summed E-state index contributed by atoms with van der Waals surface area (Å²) in [7, 11) is 1.83. The minimum absolute atomic E-state index is 0.300. The number of aryl methyl sites for hydroxylation is 1. The van der Waals surface area contributed by atoms with Crippen LogP contribution < -0.4 is 0 Å². The van der Waals surface area contributed by atoms with Crippen LogP contribution in [0.25, 0.3) is 0 Å². The summed E-state index contributed by atoms with van der Waals surface area (Å²) in [6, 6.07) is 4.09. The molecule has 0 saturated carbocycles. The summed E-state index contributed by atoms with van der Waals surface area (Å²) in [5.74, 6) is -1.30. The third kappa shape index (κ3) is 2.89. The van der Waals surface area contributed by atoms with Crippen LogP contribution in [-0.4, -0.2) is 20.9 Å². The predicted molar refractivity (Wildman–Crippen MR) is 66.1 cm³/mol. The van der Waals surface area contributed by atoms with Gasteiger partial charge in [0.2, 0.25) is 0 Å². The largest absolute Gasteiger partial charge is 0.478 e. The topological polar surface area (TPSA) is 55.1 Å². The SMILES string of the molecule is Cn1cc(CSc2ccc(F)c(C(=O)O)c2)cn1. The van der Waals surface area contributed by atoms with Gasteiger partial charge in [0.15, 0.2) is 0 Å². The first-order valence-corrected chi connectivity index (χ1v) is 6.18. The van der Waals surface area contributed by atoms with E-state index in [1.165, 1.54) is 23.9 Å². The van der Waals surface area contributed by atoms with Gasteiger partial charge in [-0.25, -0.2) is 9.18 Å². The Labute approximate surface area is 107 Å². The fraction of sp³-hybridized carbons (Fsp3) is 0.167. The van der Waals surface area contributed by atoms with E-state index in [-0.39, 0.29) is 5.56 Å². The van der Waals surface area contributed by atoms with E-state index in [1.807, 2.05) is 13.2 Å². The fourth-order valence-corrected chi connectivity index (χ4v) is 2.32. The maximum Gasteiger partial charge on any atom is 0.338 e. The number of carboxylic acids is 1. The number of rotatable bonds is 4. The Morgan fingerprint density at radius 3 is 2.94 bits per heavy atom. The van der Waals surface area contributed by atoms with Crippen LogP contribution in [0.1, 0.15) is 15.9 Å². The smallest absolute Gasteiger partial charge is 0.338 e. The highest BCUT2D eigenvalue weighted by atomic mass is 32.2. The molecule has 0 unspecified atom stereocenters. The number of nitrogens with zero attached hydrogens (tertiary/aromatic N) is 2. The third-order valence-electron chi connectivity index (χ3n) is 2.33. The number of carboxylic acid groups (broad SMARTS) is 1. The zero-order valence-corrected chi connectivity index (χ0v) is 10.4. The van der Waals surface area contributed by atoms with Gasteiger partial charge in [0, 0.05) is 29.5 Å². The number of hydrogen-bond donors (Lipinski definition) is 1. The average Bonchev–Trinajstić information content (AvgIpc) is 2.74. The highest BCUT2D eigenvalue weighted by Crippen LogP contribution is 2.24. The van der Waals surface area contributed by atoms with E-state index in [1.54, 1.807) is 16.9 Å². The van der Waals surface area contributed by atoms with Crippen molar-refractivity contribution in [2.24, 2.45) is 7.05 Å². The van der Waals surface area contributed by atoms with Crippen molar-refractivity contribution in [2.45, 2.75) is 10.6 Å². The molecule has 4 nitrogen and oxygen atoms in total. The van der Waals surface area contributed by atoms with Gasteiger partial charge in [-0.2, -0.15) is 5.10 Å². The van der Waals surface area contributed by atoms with Gasteiger partial charge in [0.05, 0.1) is 11.8 Å². The monoisotopic (exact) mass is 266 g/mol. The Bertz CT molecular complexity index is 583. The van der Waals surface area contributed by atoms with E-state index >= 15 is 0 Å². The van der Waals surface area contributed by atoms with Crippen LogP contribution in [-0.2, 0) is 12.8 Å². The molecule has 2 aromatic rings. The van der Waals surface area contributed by atoms with Crippen LogP contribution in [0.15, 0.2) is 35.5 Å². The van der Waals surface area contributed by atoms with Crippen molar-refractivity contribution >= 4 is 17.7 Å². The van der Waals surface area contributed by atoms with Crippen molar-refractivity contribution in [1.82, 2.24) is 9.78 Å². The molecule has 18 heavy (non-hydrogen) atoms. The lowest BCUT2D eigenvalue weighted by molar-refractivity contribution is 0.0691. The quantitative estimate of drug-likeness (QED) is 0.864. The van der Waals surface area contributed by atoms with Gasteiger partial charge >= 0.3 is 5.97 Å². The highest BCUT2D eigenvalue weighted by Gasteiger charge is 2.11. The minimum Gasteiger partial charge on any atom is -0.478 e. The summed E-state index contributed by atoms with van der Waals surface area (Å²) in [6.07, 6.45) is 3.63. The highest BCUT2D eigenvalue weighted by molar-refractivity contribution is 7.98. The Morgan fingerprint density at radius 2 is 2.33 bits per heavy atom. The molecule has 0 saturated heterocycles. The molecule has 2 rings (SSSR count). The molecule has 1 N–H and O–H groups in total. The van der Waals surface area contributed by atoms with E-state index < -0.39 is 11.8 Å². The number of aromatic nitrogens is 2. The average molecular weight is 266 g/mol. The molecule has 0 aliphatic carbocycles. The summed E-state index contributed by atoms with van der Waals surface area (Å²) < 4.78 is 14.9. The Morgan fingerprint density at radius 1 is 1.56 bits per heavy atom. The van der Waals surface area contributed by atoms with Gasteiger partial charge in [0.1, 0.15) is 5.82 Å². The van der Waals surface area contributed by atoms with Crippen LogP contribution in [0.5, 0.6) is 0 Å². The van der Waals surface area contributed by atoms with Gasteiger partial charge < -0.3 is 5.11 Å². The summed E-state index contributed by atoms with van der Waals surface area (Å²) >= 11 is 1.44. The molecule has 0 aliphatic rings. The number of thioether (sulfide) groups is 1. The number of aromatic carboxylic acids is 1.